The maximum absolute atomic E-state index is 5.97. The summed E-state index contributed by atoms with van der Waals surface area (Å²) >= 11 is 0. The molecule has 0 radical (unpaired) electrons. The molecule has 4 heteroatoms. The van der Waals surface area contributed by atoms with E-state index >= 15 is 0 Å². The van der Waals surface area contributed by atoms with Crippen LogP contribution in [0.1, 0.15) is 12.0 Å². The van der Waals surface area contributed by atoms with Crippen molar-refractivity contribution in [1.29, 1.82) is 0 Å². The molecule has 1 N–H and O–H groups in total. The van der Waals surface area contributed by atoms with Crippen molar-refractivity contribution in [3.05, 3.63) is 96.7 Å². The molecule has 0 atom stereocenters. The Bertz CT molecular complexity index is 1050. The number of hydrogen-bond acceptors (Lipinski definition) is 4. The van der Waals surface area contributed by atoms with E-state index < -0.39 is 0 Å². The maximum atomic E-state index is 5.97. The van der Waals surface area contributed by atoms with Gasteiger partial charge in [-0.15, -0.1) is 0 Å². The molecular formula is C25H24N2O2. The second kappa shape index (κ2) is 9.60. The number of benzene rings is 3. The van der Waals surface area contributed by atoms with Crippen molar-refractivity contribution in [3.63, 3.8) is 0 Å². The van der Waals surface area contributed by atoms with Gasteiger partial charge in [-0.1, -0.05) is 60.7 Å². The van der Waals surface area contributed by atoms with Gasteiger partial charge in [-0.25, -0.2) is 0 Å². The SMILES string of the molecule is c1ccc(COc2ccccc2OCCCNc2ccnc3ccccc23)cc1. The van der Waals surface area contributed by atoms with Gasteiger partial charge in [0.1, 0.15) is 6.61 Å². The highest BCUT2D eigenvalue weighted by Crippen LogP contribution is 2.27. The second-order valence-corrected chi connectivity index (χ2v) is 6.73. The third kappa shape index (κ3) is 5.05. The monoisotopic (exact) mass is 384 g/mol. The standard InChI is InChI=1S/C25H24N2O2/c1-2-9-20(10-3-1)19-29-25-14-7-6-13-24(25)28-18-8-16-26-23-15-17-27-22-12-5-4-11-21(22)23/h1-7,9-15,17H,8,16,18-19H2,(H,26,27). The molecule has 0 bridgehead atoms. The van der Waals surface area contributed by atoms with Gasteiger partial charge in [-0.2, -0.15) is 0 Å². The molecule has 4 nitrogen and oxygen atoms in total. The largest absolute Gasteiger partial charge is 0.490 e. The van der Waals surface area contributed by atoms with E-state index in [1.54, 1.807) is 0 Å². The van der Waals surface area contributed by atoms with E-state index in [4.69, 9.17) is 9.47 Å². The first kappa shape index (κ1) is 18.8. The number of para-hydroxylation sites is 3. The van der Waals surface area contributed by atoms with Gasteiger partial charge < -0.3 is 14.8 Å². The highest BCUT2D eigenvalue weighted by atomic mass is 16.5. The van der Waals surface area contributed by atoms with Gasteiger partial charge in [0, 0.05) is 23.8 Å². The quantitative estimate of drug-likeness (QED) is 0.376. The van der Waals surface area contributed by atoms with Crippen molar-refractivity contribution in [2.45, 2.75) is 13.0 Å². The summed E-state index contributed by atoms with van der Waals surface area (Å²) in [4.78, 5) is 4.40. The fraction of sp³-hybridized carbons (Fsp3) is 0.160. The molecule has 0 aliphatic heterocycles. The van der Waals surface area contributed by atoms with Gasteiger partial charge in [-0.05, 0) is 36.2 Å². The summed E-state index contributed by atoms with van der Waals surface area (Å²) < 4.78 is 11.9. The van der Waals surface area contributed by atoms with Gasteiger partial charge in [0.05, 0.1) is 12.1 Å². The Morgan fingerprint density at radius 2 is 1.45 bits per heavy atom. The van der Waals surface area contributed by atoms with Crippen LogP contribution < -0.4 is 14.8 Å². The van der Waals surface area contributed by atoms with Crippen LogP contribution in [-0.4, -0.2) is 18.1 Å². The Kier molecular flexibility index (Phi) is 6.23. The summed E-state index contributed by atoms with van der Waals surface area (Å²) in [6.45, 7) is 1.96. The molecule has 29 heavy (non-hydrogen) atoms. The van der Waals surface area contributed by atoms with E-state index in [-0.39, 0.29) is 0 Å². The van der Waals surface area contributed by atoms with Crippen molar-refractivity contribution in [1.82, 2.24) is 4.98 Å². The summed E-state index contributed by atoms with van der Waals surface area (Å²) in [5.41, 5.74) is 3.23. The Labute approximate surface area is 171 Å². The molecule has 0 saturated carbocycles. The van der Waals surface area contributed by atoms with E-state index in [9.17, 15) is 0 Å². The van der Waals surface area contributed by atoms with Crippen LogP contribution in [0.3, 0.4) is 0 Å². The van der Waals surface area contributed by atoms with Crippen LogP contribution in [0, 0.1) is 0 Å². The first-order chi connectivity index (χ1) is 14.4. The highest BCUT2D eigenvalue weighted by Gasteiger charge is 2.05. The van der Waals surface area contributed by atoms with Crippen LogP contribution in [0.5, 0.6) is 11.5 Å². The Morgan fingerprint density at radius 1 is 0.724 bits per heavy atom. The summed E-state index contributed by atoms with van der Waals surface area (Å²) in [6, 6.07) is 28.1. The molecule has 146 valence electrons. The van der Waals surface area contributed by atoms with Crippen molar-refractivity contribution >= 4 is 16.6 Å². The van der Waals surface area contributed by atoms with Gasteiger partial charge >= 0.3 is 0 Å². The summed E-state index contributed by atoms with van der Waals surface area (Å²) in [6.07, 6.45) is 2.71. The second-order valence-electron chi connectivity index (χ2n) is 6.73. The molecule has 0 spiro atoms. The van der Waals surface area contributed by atoms with Crippen molar-refractivity contribution in [2.75, 3.05) is 18.5 Å². The van der Waals surface area contributed by atoms with Gasteiger partial charge in [-0.3, -0.25) is 4.98 Å². The minimum atomic E-state index is 0.526. The van der Waals surface area contributed by atoms with E-state index in [2.05, 4.69) is 28.5 Å². The minimum absolute atomic E-state index is 0.526. The summed E-state index contributed by atoms with van der Waals surface area (Å²) in [7, 11) is 0. The van der Waals surface area contributed by atoms with E-state index in [1.165, 1.54) is 0 Å². The normalized spacial score (nSPS) is 10.6. The van der Waals surface area contributed by atoms with Crippen LogP contribution >= 0.6 is 0 Å². The lowest BCUT2D eigenvalue weighted by molar-refractivity contribution is 0.261. The van der Waals surface area contributed by atoms with Gasteiger partial charge in [0.2, 0.25) is 0 Å². The Balaban J connectivity index is 1.27. The molecule has 3 aromatic carbocycles. The smallest absolute Gasteiger partial charge is 0.161 e. The first-order valence-electron chi connectivity index (χ1n) is 9.86. The van der Waals surface area contributed by atoms with E-state index in [0.717, 1.165) is 46.6 Å². The minimum Gasteiger partial charge on any atom is -0.490 e. The summed E-state index contributed by atoms with van der Waals surface area (Å²) in [5, 5.41) is 4.62. The molecule has 0 aliphatic carbocycles. The topological polar surface area (TPSA) is 43.4 Å². The summed E-state index contributed by atoms with van der Waals surface area (Å²) in [5.74, 6) is 1.54. The number of fused-ring (bicyclic) bond motifs is 1. The van der Waals surface area contributed by atoms with E-state index in [0.29, 0.717) is 13.2 Å². The van der Waals surface area contributed by atoms with Crippen LogP contribution in [0.4, 0.5) is 5.69 Å². The Hall–Kier alpha value is -3.53. The van der Waals surface area contributed by atoms with Crippen LogP contribution in [0.15, 0.2) is 91.1 Å². The molecule has 1 heterocycles. The van der Waals surface area contributed by atoms with Crippen LogP contribution in [-0.2, 0) is 6.61 Å². The fourth-order valence-electron chi connectivity index (χ4n) is 3.15. The third-order valence-electron chi connectivity index (χ3n) is 4.63. The lowest BCUT2D eigenvalue weighted by Gasteiger charge is -2.13. The number of nitrogens with zero attached hydrogens (tertiary/aromatic N) is 1. The third-order valence-corrected chi connectivity index (χ3v) is 4.63. The number of rotatable bonds is 9. The van der Waals surface area contributed by atoms with E-state index in [1.807, 2.05) is 72.9 Å². The van der Waals surface area contributed by atoms with Crippen molar-refractivity contribution < 1.29 is 9.47 Å². The lowest BCUT2D eigenvalue weighted by Crippen LogP contribution is -2.08. The molecule has 4 aromatic rings. The van der Waals surface area contributed by atoms with Gasteiger partial charge in [0.15, 0.2) is 11.5 Å². The molecule has 0 unspecified atom stereocenters. The molecule has 4 rings (SSSR count). The zero-order valence-electron chi connectivity index (χ0n) is 16.3. The molecule has 0 aliphatic rings. The number of hydrogen-bond donors (Lipinski definition) is 1. The first-order valence-corrected chi connectivity index (χ1v) is 9.86. The number of aromatic nitrogens is 1. The molecule has 1 aromatic heterocycles. The zero-order chi connectivity index (χ0) is 19.7. The highest BCUT2D eigenvalue weighted by molar-refractivity contribution is 5.90. The lowest BCUT2D eigenvalue weighted by atomic mass is 10.2. The van der Waals surface area contributed by atoms with Crippen LogP contribution in [0.2, 0.25) is 0 Å². The average molecular weight is 384 g/mol. The van der Waals surface area contributed by atoms with Crippen LogP contribution in [0.25, 0.3) is 10.9 Å². The molecule has 0 saturated heterocycles. The van der Waals surface area contributed by atoms with Gasteiger partial charge in [0.25, 0.3) is 0 Å². The number of anilines is 1. The van der Waals surface area contributed by atoms with Crippen molar-refractivity contribution in [2.24, 2.45) is 0 Å². The molecule has 0 amide bonds. The average Bonchev–Trinajstić information content (AvgIpc) is 2.79. The zero-order valence-corrected chi connectivity index (χ0v) is 16.3. The predicted octanol–water partition coefficient (Wildman–Crippen LogP) is 5.69. The predicted molar refractivity (Wildman–Crippen MR) is 118 cm³/mol. The maximum Gasteiger partial charge on any atom is 0.161 e. The fourth-order valence-corrected chi connectivity index (χ4v) is 3.15. The number of pyridine rings is 1. The molecule has 0 fully saturated rings. The number of nitrogens with one attached hydrogen (secondary N) is 1. The van der Waals surface area contributed by atoms with Crippen molar-refractivity contribution in [3.8, 4) is 11.5 Å². The Morgan fingerprint density at radius 3 is 2.31 bits per heavy atom. The number of ether oxygens (including phenoxy) is 2. The molecular weight excluding hydrogens is 360 g/mol.